The molecule has 0 aliphatic heterocycles. The molecule has 9 heteroatoms. The average Bonchev–Trinajstić information content (AvgIpc) is 3.86. The van der Waals surface area contributed by atoms with Crippen LogP contribution in [0.15, 0.2) is 122 Å². The summed E-state index contributed by atoms with van der Waals surface area (Å²) in [4.78, 5) is 0. The van der Waals surface area contributed by atoms with Crippen LogP contribution in [0.4, 0.5) is 0 Å². The van der Waals surface area contributed by atoms with Crippen LogP contribution in [0.25, 0.3) is 64.6 Å². The van der Waals surface area contributed by atoms with Gasteiger partial charge in [0.05, 0.1) is 65.1 Å². The molecule has 53 heavy (non-hydrogen) atoms. The van der Waals surface area contributed by atoms with Crippen LogP contribution in [0, 0.1) is 0 Å². The molecule has 0 saturated carbocycles. The molecule has 9 nitrogen and oxygen atoms in total. The lowest BCUT2D eigenvalue weighted by Gasteiger charge is -2.13. The van der Waals surface area contributed by atoms with Crippen molar-refractivity contribution in [3.05, 3.63) is 144 Å². The molecule has 2 aromatic heterocycles. The monoisotopic (exact) mass is 696 g/mol. The summed E-state index contributed by atoms with van der Waals surface area (Å²) in [5, 5.41) is 32.4. The van der Waals surface area contributed by atoms with Gasteiger partial charge in [0.1, 0.15) is 11.4 Å². The molecule has 0 N–H and O–H groups in total. The number of hydrogen-bond acceptors (Lipinski definition) is 7. The van der Waals surface area contributed by atoms with E-state index < -0.39 is 0 Å². The van der Waals surface area contributed by atoms with E-state index in [2.05, 4.69) is 130 Å². The molecule has 2 heterocycles. The van der Waals surface area contributed by atoms with Gasteiger partial charge >= 0.3 is 0 Å². The highest BCUT2D eigenvalue weighted by molar-refractivity contribution is 6.24. The van der Waals surface area contributed by atoms with Gasteiger partial charge in [-0.1, -0.05) is 120 Å². The number of aromatic nitrogens is 6. The van der Waals surface area contributed by atoms with E-state index in [1.807, 2.05) is 12.4 Å². The minimum Gasteiger partial charge on any atom is -0.378 e. The summed E-state index contributed by atoms with van der Waals surface area (Å²) in [5.41, 5.74) is 3.92. The van der Waals surface area contributed by atoms with E-state index in [1.165, 1.54) is 75.8 Å². The lowest BCUT2D eigenvalue weighted by atomic mass is 9.92. The first kappa shape index (κ1) is 31.7. The van der Waals surface area contributed by atoms with Crippen molar-refractivity contribution in [3.8, 4) is 0 Å². The fraction of sp³-hybridized carbons (Fsp3) is 0.182. The molecule has 0 aliphatic rings. The van der Waals surface area contributed by atoms with Crippen molar-refractivity contribution in [2.75, 3.05) is 13.2 Å². The van der Waals surface area contributed by atoms with Crippen molar-refractivity contribution in [1.29, 1.82) is 0 Å². The third-order valence-corrected chi connectivity index (χ3v) is 10.4. The third kappa shape index (κ3) is 5.98. The zero-order valence-corrected chi connectivity index (χ0v) is 29.1. The molecular formula is C44H36N6O3. The maximum Gasteiger partial charge on any atom is 0.108 e. The van der Waals surface area contributed by atoms with E-state index in [4.69, 9.17) is 14.2 Å². The van der Waals surface area contributed by atoms with Gasteiger partial charge in [0.2, 0.25) is 0 Å². The van der Waals surface area contributed by atoms with Crippen molar-refractivity contribution < 1.29 is 14.2 Å². The molecule has 10 rings (SSSR count). The third-order valence-electron chi connectivity index (χ3n) is 10.4. The Kier molecular flexibility index (Phi) is 8.09. The van der Waals surface area contributed by atoms with Crippen LogP contribution in [0.5, 0.6) is 0 Å². The molecule has 0 saturated heterocycles. The van der Waals surface area contributed by atoms with Gasteiger partial charge in [-0.3, -0.25) is 0 Å². The normalized spacial score (nSPS) is 12.2. The van der Waals surface area contributed by atoms with E-state index in [0.717, 1.165) is 11.4 Å². The van der Waals surface area contributed by atoms with Gasteiger partial charge < -0.3 is 14.2 Å². The van der Waals surface area contributed by atoms with E-state index in [1.54, 1.807) is 9.36 Å². The second-order valence-electron chi connectivity index (χ2n) is 13.7. The van der Waals surface area contributed by atoms with Gasteiger partial charge in [0, 0.05) is 0 Å². The highest BCUT2D eigenvalue weighted by Crippen LogP contribution is 2.37. The average molecular weight is 697 g/mol. The molecule has 0 fully saturated rings. The maximum atomic E-state index is 6.12. The Balaban J connectivity index is 0.675. The Bertz CT molecular complexity index is 2630. The lowest BCUT2D eigenvalue weighted by Crippen LogP contribution is -2.11. The number of rotatable bonds is 14. The van der Waals surface area contributed by atoms with Crippen molar-refractivity contribution in [2.24, 2.45) is 0 Å². The fourth-order valence-corrected chi connectivity index (χ4v) is 7.82. The summed E-state index contributed by atoms with van der Waals surface area (Å²) in [7, 11) is 0. The fourth-order valence-electron chi connectivity index (χ4n) is 7.82. The Morgan fingerprint density at radius 3 is 1.25 bits per heavy atom. The van der Waals surface area contributed by atoms with E-state index in [0.29, 0.717) is 52.7 Å². The zero-order chi connectivity index (χ0) is 35.1. The topological polar surface area (TPSA) is 89.1 Å². The molecule has 260 valence electrons. The summed E-state index contributed by atoms with van der Waals surface area (Å²) in [6.45, 7) is 4.00. The number of benzene rings is 8. The molecule has 10 aromatic rings. The van der Waals surface area contributed by atoms with Gasteiger partial charge in [0.25, 0.3) is 0 Å². The highest BCUT2D eigenvalue weighted by atomic mass is 16.5. The summed E-state index contributed by atoms with van der Waals surface area (Å²) in [6, 6.07) is 39.3. The van der Waals surface area contributed by atoms with Crippen molar-refractivity contribution in [1.82, 2.24) is 30.0 Å². The molecule has 0 bridgehead atoms. The Morgan fingerprint density at radius 2 is 0.792 bits per heavy atom. The number of hydrogen-bond donors (Lipinski definition) is 0. The van der Waals surface area contributed by atoms with Gasteiger partial charge in [-0.15, -0.1) is 10.2 Å². The molecule has 0 amide bonds. The quantitative estimate of drug-likeness (QED) is 0.0829. The second-order valence-corrected chi connectivity index (χ2v) is 13.7. The molecule has 0 unspecified atom stereocenters. The number of nitrogens with zero attached hydrogens (tertiary/aromatic N) is 6. The first-order valence-electron chi connectivity index (χ1n) is 18.1. The van der Waals surface area contributed by atoms with E-state index in [-0.39, 0.29) is 0 Å². The van der Waals surface area contributed by atoms with Crippen molar-refractivity contribution >= 4 is 64.6 Å². The molecular weight excluding hydrogens is 661 g/mol. The van der Waals surface area contributed by atoms with Crippen LogP contribution in [-0.2, 0) is 53.7 Å². The summed E-state index contributed by atoms with van der Waals surface area (Å²) in [5.74, 6) is 0. The van der Waals surface area contributed by atoms with Crippen LogP contribution in [0.3, 0.4) is 0 Å². The first-order valence-corrected chi connectivity index (χ1v) is 18.1. The number of ether oxygens (including phenoxy) is 3. The smallest absolute Gasteiger partial charge is 0.108 e. The first-order chi connectivity index (χ1) is 26.2. The summed E-state index contributed by atoms with van der Waals surface area (Å²) >= 11 is 0. The largest absolute Gasteiger partial charge is 0.378 e. The molecule has 8 aromatic carbocycles. The van der Waals surface area contributed by atoms with Crippen molar-refractivity contribution in [2.45, 2.75) is 39.5 Å². The van der Waals surface area contributed by atoms with Gasteiger partial charge in [-0.25, -0.2) is 9.36 Å². The summed E-state index contributed by atoms with van der Waals surface area (Å²) in [6.07, 6.45) is 3.83. The predicted molar refractivity (Wildman–Crippen MR) is 208 cm³/mol. The lowest BCUT2D eigenvalue weighted by molar-refractivity contribution is 0.105. The minimum atomic E-state index is 0.389. The van der Waals surface area contributed by atoms with E-state index >= 15 is 0 Å². The van der Waals surface area contributed by atoms with E-state index in [9.17, 15) is 0 Å². The van der Waals surface area contributed by atoms with Crippen molar-refractivity contribution in [3.63, 3.8) is 0 Å². The van der Waals surface area contributed by atoms with Crippen LogP contribution >= 0.6 is 0 Å². The Labute approximate surface area is 305 Å². The highest BCUT2D eigenvalue weighted by Gasteiger charge is 2.13. The maximum absolute atomic E-state index is 6.12. The van der Waals surface area contributed by atoms with Gasteiger partial charge in [0.15, 0.2) is 0 Å². The minimum absolute atomic E-state index is 0.389. The van der Waals surface area contributed by atoms with Crippen LogP contribution in [0.1, 0.15) is 22.5 Å². The van der Waals surface area contributed by atoms with Crippen LogP contribution in [-0.4, -0.2) is 43.2 Å². The molecule has 0 atom stereocenters. The molecule has 0 aliphatic carbocycles. The predicted octanol–water partition coefficient (Wildman–Crippen LogP) is 8.81. The second kappa shape index (κ2) is 13.5. The van der Waals surface area contributed by atoms with Gasteiger partial charge in [-0.05, 0) is 75.8 Å². The van der Waals surface area contributed by atoms with Crippen LogP contribution < -0.4 is 0 Å². The Hall–Kier alpha value is -6.00. The molecule has 0 radical (unpaired) electrons. The zero-order valence-electron chi connectivity index (χ0n) is 29.1. The van der Waals surface area contributed by atoms with Crippen LogP contribution in [0.2, 0.25) is 0 Å². The van der Waals surface area contributed by atoms with Gasteiger partial charge in [-0.2, -0.15) is 0 Å². The SMILES string of the molecule is c1cc2ccc3ccc(COCc4cn(CCOCCn5cc(COCc6ccc7ccc8cccc9ccc6c7c89)nn5)nn4)c4ccc(c1)c2c34. The standard InChI is InChI=1S/C44H36N6O3/c1-3-29-7-9-33-11-13-35(39-17-15-31(5-1)41(29)43(33)39)25-52-27-37-23-49(47-45-37)19-21-51-22-20-50-24-38(46-48-50)28-53-26-36-14-12-34-10-8-30-4-2-6-32-16-18-40(36)44(34)42(30)32/h1-18,23-24H,19-22,25-28H2. The Morgan fingerprint density at radius 1 is 0.396 bits per heavy atom. The molecule has 0 spiro atoms. The summed E-state index contributed by atoms with van der Waals surface area (Å²) < 4.78 is 21.7.